The summed E-state index contributed by atoms with van der Waals surface area (Å²) in [4.78, 5) is 15.8. The van der Waals surface area contributed by atoms with E-state index in [1.165, 1.54) is 12.3 Å². The van der Waals surface area contributed by atoms with E-state index < -0.39 is 6.04 Å². The van der Waals surface area contributed by atoms with Crippen molar-refractivity contribution >= 4 is 17.5 Å². The number of rotatable bonds is 4. The van der Waals surface area contributed by atoms with E-state index in [1.807, 2.05) is 30.3 Å². The van der Waals surface area contributed by atoms with Gasteiger partial charge in [0.1, 0.15) is 11.2 Å². The fourth-order valence-corrected chi connectivity index (χ4v) is 1.94. The van der Waals surface area contributed by atoms with E-state index in [1.54, 1.807) is 6.07 Å². The molecule has 0 aliphatic heterocycles. The highest BCUT2D eigenvalue weighted by atomic mass is 35.5. The summed E-state index contributed by atoms with van der Waals surface area (Å²) in [6.07, 6.45) is 1.91. The van der Waals surface area contributed by atoms with Crippen LogP contribution in [0.1, 0.15) is 15.9 Å². The molecule has 1 amide bonds. The summed E-state index contributed by atoms with van der Waals surface area (Å²) < 4.78 is 0. The number of aromatic nitrogens is 1. The van der Waals surface area contributed by atoms with Crippen molar-refractivity contribution in [3.63, 3.8) is 0 Å². The van der Waals surface area contributed by atoms with Gasteiger partial charge in [0.05, 0.1) is 6.07 Å². The molecular formula is C15H12ClN3O. The van der Waals surface area contributed by atoms with Crippen LogP contribution in [-0.4, -0.2) is 16.9 Å². The van der Waals surface area contributed by atoms with Crippen molar-refractivity contribution in [2.45, 2.75) is 12.5 Å². The third kappa shape index (κ3) is 3.81. The monoisotopic (exact) mass is 285 g/mol. The minimum Gasteiger partial charge on any atom is -0.336 e. The first-order valence-corrected chi connectivity index (χ1v) is 6.43. The summed E-state index contributed by atoms with van der Waals surface area (Å²) in [7, 11) is 0. The van der Waals surface area contributed by atoms with Crippen molar-refractivity contribution in [2.75, 3.05) is 0 Å². The number of halogens is 1. The summed E-state index contributed by atoms with van der Waals surface area (Å²) in [5.41, 5.74) is 1.38. The van der Waals surface area contributed by atoms with E-state index >= 15 is 0 Å². The maximum atomic E-state index is 12.0. The van der Waals surface area contributed by atoms with Crippen molar-refractivity contribution in [3.8, 4) is 6.07 Å². The number of nitrogens with zero attached hydrogens (tertiary/aromatic N) is 2. The molecule has 1 atom stereocenters. The highest BCUT2D eigenvalue weighted by Gasteiger charge is 2.14. The molecule has 1 aromatic carbocycles. The van der Waals surface area contributed by atoms with Crippen molar-refractivity contribution in [2.24, 2.45) is 0 Å². The molecule has 2 rings (SSSR count). The zero-order chi connectivity index (χ0) is 14.4. The van der Waals surface area contributed by atoms with Crippen LogP contribution >= 0.6 is 11.6 Å². The molecule has 2 aromatic rings. The number of hydrogen-bond donors (Lipinski definition) is 1. The number of carbonyl (C=O) groups excluding carboxylic acids is 1. The maximum absolute atomic E-state index is 12.0. The molecule has 1 unspecified atom stereocenters. The van der Waals surface area contributed by atoms with E-state index in [-0.39, 0.29) is 11.1 Å². The minimum atomic E-state index is -0.586. The van der Waals surface area contributed by atoms with Gasteiger partial charge >= 0.3 is 0 Å². The number of benzene rings is 1. The van der Waals surface area contributed by atoms with Gasteiger partial charge < -0.3 is 5.32 Å². The van der Waals surface area contributed by atoms with Crippen LogP contribution in [0.15, 0.2) is 48.7 Å². The topological polar surface area (TPSA) is 65.8 Å². The van der Waals surface area contributed by atoms with Crippen LogP contribution in [0.25, 0.3) is 0 Å². The number of hydrogen-bond acceptors (Lipinski definition) is 3. The molecule has 0 bridgehead atoms. The highest BCUT2D eigenvalue weighted by Crippen LogP contribution is 2.08. The lowest BCUT2D eigenvalue weighted by Gasteiger charge is -2.11. The lowest BCUT2D eigenvalue weighted by molar-refractivity contribution is 0.0945. The molecule has 0 saturated carbocycles. The summed E-state index contributed by atoms with van der Waals surface area (Å²) in [5, 5.41) is 12.1. The third-order valence-corrected chi connectivity index (χ3v) is 2.94. The van der Waals surface area contributed by atoms with Crippen LogP contribution < -0.4 is 5.32 Å². The molecule has 0 aliphatic carbocycles. The quantitative estimate of drug-likeness (QED) is 0.878. The third-order valence-electron chi connectivity index (χ3n) is 2.73. The standard InChI is InChI=1S/C15H12ClN3O/c16-14-9-12(6-7-18-14)15(20)19-13(10-17)8-11-4-2-1-3-5-11/h1-7,9,13H,8H2,(H,19,20). The Morgan fingerprint density at radius 1 is 1.35 bits per heavy atom. The molecule has 0 saturated heterocycles. The Morgan fingerprint density at radius 2 is 2.10 bits per heavy atom. The SMILES string of the molecule is N#CC(Cc1ccccc1)NC(=O)c1ccnc(Cl)c1. The van der Waals surface area contributed by atoms with Gasteiger partial charge in [-0.15, -0.1) is 0 Å². The van der Waals surface area contributed by atoms with Gasteiger partial charge in [-0.3, -0.25) is 4.79 Å². The van der Waals surface area contributed by atoms with E-state index in [0.717, 1.165) is 5.56 Å². The Kier molecular flexibility index (Phi) is 4.70. The van der Waals surface area contributed by atoms with E-state index in [9.17, 15) is 4.79 Å². The maximum Gasteiger partial charge on any atom is 0.252 e. The van der Waals surface area contributed by atoms with Gasteiger partial charge in [0.15, 0.2) is 0 Å². The molecule has 100 valence electrons. The Balaban J connectivity index is 2.04. The molecule has 5 heteroatoms. The molecule has 20 heavy (non-hydrogen) atoms. The fraction of sp³-hybridized carbons (Fsp3) is 0.133. The van der Waals surface area contributed by atoms with Gasteiger partial charge in [-0.25, -0.2) is 4.98 Å². The highest BCUT2D eigenvalue weighted by molar-refractivity contribution is 6.29. The van der Waals surface area contributed by atoms with Crippen LogP contribution in [0, 0.1) is 11.3 Å². The lowest BCUT2D eigenvalue weighted by Crippen LogP contribution is -2.35. The summed E-state index contributed by atoms with van der Waals surface area (Å²) in [5.74, 6) is -0.336. The Hall–Kier alpha value is -2.38. The molecule has 0 spiro atoms. The van der Waals surface area contributed by atoms with E-state index in [4.69, 9.17) is 16.9 Å². The van der Waals surface area contributed by atoms with Crippen LogP contribution in [0.3, 0.4) is 0 Å². The summed E-state index contributed by atoms with van der Waals surface area (Å²) in [6.45, 7) is 0. The zero-order valence-electron chi connectivity index (χ0n) is 10.6. The van der Waals surface area contributed by atoms with Crippen LogP contribution in [0.4, 0.5) is 0 Å². The second-order valence-electron chi connectivity index (χ2n) is 4.21. The van der Waals surface area contributed by atoms with Gasteiger partial charge in [-0.1, -0.05) is 41.9 Å². The predicted octanol–water partition coefficient (Wildman–Crippen LogP) is 2.60. The van der Waals surface area contributed by atoms with Crippen molar-refractivity contribution in [3.05, 3.63) is 64.9 Å². The summed E-state index contributed by atoms with van der Waals surface area (Å²) >= 11 is 5.73. The zero-order valence-corrected chi connectivity index (χ0v) is 11.3. The molecule has 1 heterocycles. The second-order valence-corrected chi connectivity index (χ2v) is 4.60. The van der Waals surface area contributed by atoms with E-state index in [0.29, 0.717) is 12.0 Å². The molecule has 0 fully saturated rings. The molecule has 1 N–H and O–H groups in total. The molecular weight excluding hydrogens is 274 g/mol. The van der Waals surface area contributed by atoms with Crippen molar-refractivity contribution in [1.82, 2.24) is 10.3 Å². The van der Waals surface area contributed by atoms with Gasteiger partial charge in [-0.05, 0) is 17.7 Å². The minimum absolute atomic E-state index is 0.245. The lowest BCUT2D eigenvalue weighted by atomic mass is 10.1. The Morgan fingerprint density at radius 3 is 2.75 bits per heavy atom. The van der Waals surface area contributed by atoms with Crippen molar-refractivity contribution < 1.29 is 4.79 Å². The number of nitriles is 1. The summed E-state index contributed by atoms with van der Waals surface area (Å²) in [6, 6.07) is 14.1. The van der Waals surface area contributed by atoms with Gasteiger partial charge in [0, 0.05) is 18.2 Å². The predicted molar refractivity (Wildman–Crippen MR) is 76.3 cm³/mol. The normalized spacial score (nSPS) is 11.4. The number of nitrogens with one attached hydrogen (secondary N) is 1. The van der Waals surface area contributed by atoms with Crippen LogP contribution in [0.2, 0.25) is 5.15 Å². The number of amides is 1. The Labute approximate surface area is 122 Å². The Bertz CT molecular complexity index is 637. The fourth-order valence-electron chi connectivity index (χ4n) is 1.76. The second kappa shape index (κ2) is 6.69. The number of carbonyl (C=O) groups is 1. The van der Waals surface area contributed by atoms with Gasteiger partial charge in [0.2, 0.25) is 0 Å². The average Bonchev–Trinajstić information content (AvgIpc) is 2.47. The van der Waals surface area contributed by atoms with E-state index in [2.05, 4.69) is 16.4 Å². The largest absolute Gasteiger partial charge is 0.336 e. The van der Waals surface area contributed by atoms with Crippen LogP contribution in [0.5, 0.6) is 0 Å². The molecule has 4 nitrogen and oxygen atoms in total. The van der Waals surface area contributed by atoms with Gasteiger partial charge in [0.25, 0.3) is 5.91 Å². The number of pyridine rings is 1. The average molecular weight is 286 g/mol. The first-order valence-electron chi connectivity index (χ1n) is 6.05. The van der Waals surface area contributed by atoms with Gasteiger partial charge in [-0.2, -0.15) is 5.26 Å². The van der Waals surface area contributed by atoms with Crippen LogP contribution in [-0.2, 0) is 6.42 Å². The molecule has 0 radical (unpaired) electrons. The first-order chi connectivity index (χ1) is 9.69. The smallest absolute Gasteiger partial charge is 0.252 e. The molecule has 1 aromatic heterocycles. The van der Waals surface area contributed by atoms with Crippen molar-refractivity contribution in [1.29, 1.82) is 5.26 Å². The first kappa shape index (κ1) is 14.0. The molecule has 0 aliphatic rings.